The summed E-state index contributed by atoms with van der Waals surface area (Å²) in [4.78, 5) is 21.6. The van der Waals surface area contributed by atoms with Crippen molar-refractivity contribution in [3.05, 3.63) is 29.1 Å². The largest absolute Gasteiger partial charge is 0.491 e. The maximum Gasteiger partial charge on any atom is 0.405 e. The van der Waals surface area contributed by atoms with Gasteiger partial charge in [0.15, 0.2) is 0 Å². The predicted octanol–water partition coefficient (Wildman–Crippen LogP) is 1.15. The lowest BCUT2D eigenvalue weighted by Gasteiger charge is -2.40. The Balaban J connectivity index is 1.70. The number of carbonyl (C=O) groups is 2. The van der Waals surface area contributed by atoms with Gasteiger partial charge in [-0.15, -0.1) is 0 Å². The van der Waals surface area contributed by atoms with Crippen LogP contribution in [-0.2, 0) is 22.4 Å². The smallest absolute Gasteiger partial charge is 0.405 e. The summed E-state index contributed by atoms with van der Waals surface area (Å²) in [5, 5.41) is 11.2. The zero-order valence-corrected chi connectivity index (χ0v) is 11.8. The number of hydrogen-bond acceptors (Lipinski definition) is 4. The molecule has 2 aliphatic rings. The van der Waals surface area contributed by atoms with Crippen LogP contribution in [0.5, 0.6) is 5.75 Å². The second-order valence-electron chi connectivity index (χ2n) is 5.84. The van der Waals surface area contributed by atoms with E-state index < -0.39 is 11.6 Å². The first-order valence-electron chi connectivity index (χ1n) is 6.99. The van der Waals surface area contributed by atoms with E-state index in [0.29, 0.717) is 24.2 Å². The van der Waals surface area contributed by atoms with E-state index in [4.69, 9.17) is 14.6 Å². The van der Waals surface area contributed by atoms with Gasteiger partial charge in [0.05, 0.1) is 13.2 Å². The molecule has 3 rings (SSSR count). The van der Waals surface area contributed by atoms with Crippen molar-refractivity contribution >= 4 is 12.4 Å². The van der Waals surface area contributed by atoms with E-state index in [1.165, 1.54) is 6.07 Å². The van der Waals surface area contributed by atoms with Crippen LogP contribution in [0.15, 0.2) is 12.1 Å². The zero-order valence-electron chi connectivity index (χ0n) is 11.8. The van der Waals surface area contributed by atoms with Crippen LogP contribution in [0.2, 0.25) is 0 Å². The second-order valence-corrected chi connectivity index (χ2v) is 5.84. The maximum atomic E-state index is 14.1. The molecule has 2 N–H and O–H groups in total. The summed E-state index contributed by atoms with van der Waals surface area (Å²) in [5.74, 6) is -0.233. The number of carboxylic acid groups (broad SMARTS) is 1. The highest BCUT2D eigenvalue weighted by Crippen LogP contribution is 2.32. The number of benzene rings is 1. The number of rotatable bonds is 5. The van der Waals surface area contributed by atoms with Crippen molar-refractivity contribution in [1.82, 2.24) is 5.32 Å². The molecule has 0 spiro atoms. The number of nitrogens with one attached hydrogen (secondary N) is 1. The molecule has 1 unspecified atom stereocenters. The first kappa shape index (κ1) is 14.8. The summed E-state index contributed by atoms with van der Waals surface area (Å²) < 4.78 is 24.6. The van der Waals surface area contributed by atoms with Crippen LogP contribution in [0.3, 0.4) is 0 Å². The molecule has 0 saturated carbocycles. The Morgan fingerprint density at radius 3 is 2.86 bits per heavy atom. The van der Waals surface area contributed by atoms with Crippen LogP contribution in [0, 0.1) is 11.7 Å². The van der Waals surface area contributed by atoms with Gasteiger partial charge in [-0.1, -0.05) is 0 Å². The van der Waals surface area contributed by atoms with Crippen molar-refractivity contribution in [2.45, 2.75) is 18.4 Å². The van der Waals surface area contributed by atoms with Gasteiger partial charge in [0.25, 0.3) is 0 Å². The number of aldehydes is 1. The first-order valence-corrected chi connectivity index (χ1v) is 6.99. The standard InChI is InChI=1S/C15H16FNO5/c16-13-4-11(3-10-1-9(5-18)2-12(10)13)22-8-15(6-21-7-15)17-14(19)20/h3-5,9,17H,1-2,6-8H2,(H,19,20). The van der Waals surface area contributed by atoms with Crippen molar-refractivity contribution in [2.24, 2.45) is 5.92 Å². The summed E-state index contributed by atoms with van der Waals surface area (Å²) in [7, 11) is 0. The Morgan fingerprint density at radius 1 is 1.50 bits per heavy atom. The molecule has 1 heterocycles. The van der Waals surface area contributed by atoms with Gasteiger partial charge in [0, 0.05) is 12.0 Å². The fraction of sp³-hybridized carbons (Fsp3) is 0.467. The molecule has 0 bridgehead atoms. The Kier molecular flexibility index (Phi) is 3.74. The number of carbonyl (C=O) groups excluding carboxylic acids is 1. The molecule has 22 heavy (non-hydrogen) atoms. The average molecular weight is 309 g/mol. The van der Waals surface area contributed by atoms with E-state index in [1.807, 2.05) is 0 Å². The molecule has 1 aliphatic carbocycles. The quantitative estimate of drug-likeness (QED) is 0.797. The van der Waals surface area contributed by atoms with Gasteiger partial charge in [-0.2, -0.15) is 0 Å². The Morgan fingerprint density at radius 2 is 2.27 bits per heavy atom. The fourth-order valence-corrected chi connectivity index (χ4v) is 2.86. The Hall–Kier alpha value is -2.15. The van der Waals surface area contributed by atoms with Crippen molar-refractivity contribution in [3.8, 4) is 5.75 Å². The molecule has 6 nitrogen and oxygen atoms in total. The van der Waals surface area contributed by atoms with Gasteiger partial charge in [0.1, 0.15) is 30.0 Å². The van der Waals surface area contributed by atoms with Gasteiger partial charge < -0.3 is 24.7 Å². The molecule has 1 atom stereocenters. The normalized spacial score (nSPS) is 21.6. The van der Waals surface area contributed by atoms with E-state index in [0.717, 1.165) is 11.8 Å². The lowest BCUT2D eigenvalue weighted by Crippen LogP contribution is -2.65. The van der Waals surface area contributed by atoms with Crippen LogP contribution in [0.25, 0.3) is 0 Å². The zero-order chi connectivity index (χ0) is 15.7. The number of fused-ring (bicyclic) bond motifs is 1. The lowest BCUT2D eigenvalue weighted by molar-refractivity contribution is -0.110. The summed E-state index contributed by atoms with van der Waals surface area (Å²) in [6, 6.07) is 3.00. The molecule has 1 saturated heterocycles. The minimum Gasteiger partial charge on any atom is -0.491 e. The molecular weight excluding hydrogens is 293 g/mol. The number of hydrogen-bond donors (Lipinski definition) is 2. The predicted molar refractivity (Wildman–Crippen MR) is 73.6 cm³/mol. The molecule has 1 aromatic rings. The third kappa shape index (κ3) is 2.76. The van der Waals surface area contributed by atoms with Crippen LogP contribution in [-0.4, -0.2) is 42.8 Å². The minimum atomic E-state index is -1.15. The fourth-order valence-electron chi connectivity index (χ4n) is 2.86. The van der Waals surface area contributed by atoms with Gasteiger partial charge in [-0.05, 0) is 30.0 Å². The molecule has 118 valence electrons. The Labute approximate surface area is 126 Å². The van der Waals surface area contributed by atoms with Crippen LogP contribution in [0.4, 0.5) is 9.18 Å². The van der Waals surface area contributed by atoms with Crippen LogP contribution < -0.4 is 10.1 Å². The molecule has 7 heteroatoms. The van der Waals surface area contributed by atoms with E-state index in [1.54, 1.807) is 6.07 Å². The van der Waals surface area contributed by atoms with E-state index in [9.17, 15) is 14.0 Å². The minimum absolute atomic E-state index is 0.0641. The van der Waals surface area contributed by atoms with Crippen LogP contribution >= 0.6 is 0 Å². The van der Waals surface area contributed by atoms with Crippen LogP contribution in [0.1, 0.15) is 11.1 Å². The summed E-state index contributed by atoms with van der Waals surface area (Å²) in [6.07, 6.45) is 0.621. The molecule has 0 radical (unpaired) electrons. The topological polar surface area (TPSA) is 84.9 Å². The highest BCUT2D eigenvalue weighted by Gasteiger charge is 2.41. The molecule has 1 amide bonds. The highest BCUT2D eigenvalue weighted by molar-refractivity contribution is 5.66. The number of halogens is 1. The highest BCUT2D eigenvalue weighted by atomic mass is 19.1. The third-order valence-corrected chi connectivity index (χ3v) is 4.05. The van der Waals surface area contributed by atoms with Crippen molar-refractivity contribution < 1.29 is 28.6 Å². The van der Waals surface area contributed by atoms with E-state index >= 15 is 0 Å². The van der Waals surface area contributed by atoms with Gasteiger partial charge >= 0.3 is 6.09 Å². The second kappa shape index (κ2) is 5.57. The van der Waals surface area contributed by atoms with Gasteiger partial charge in [-0.25, -0.2) is 9.18 Å². The molecule has 1 aromatic carbocycles. The summed E-state index contributed by atoms with van der Waals surface area (Å²) >= 11 is 0. The summed E-state index contributed by atoms with van der Waals surface area (Å²) in [6.45, 7) is 0.508. The number of amides is 1. The lowest BCUT2D eigenvalue weighted by atomic mass is 9.99. The average Bonchev–Trinajstić information content (AvgIpc) is 2.85. The molecule has 1 fully saturated rings. The van der Waals surface area contributed by atoms with E-state index in [-0.39, 0.29) is 31.6 Å². The molecular formula is C15H16FNO5. The molecule has 0 aromatic heterocycles. The SMILES string of the molecule is O=CC1Cc2cc(OCC3(NC(=O)O)COC3)cc(F)c2C1. The van der Waals surface area contributed by atoms with Crippen molar-refractivity contribution in [1.29, 1.82) is 0 Å². The third-order valence-electron chi connectivity index (χ3n) is 4.05. The van der Waals surface area contributed by atoms with Crippen molar-refractivity contribution in [2.75, 3.05) is 19.8 Å². The Bertz CT molecular complexity index is 614. The van der Waals surface area contributed by atoms with Gasteiger partial charge in [0.2, 0.25) is 0 Å². The maximum absolute atomic E-state index is 14.1. The van der Waals surface area contributed by atoms with Crippen molar-refractivity contribution in [3.63, 3.8) is 0 Å². The monoisotopic (exact) mass is 309 g/mol. The summed E-state index contributed by atoms with van der Waals surface area (Å²) in [5.41, 5.74) is 0.555. The van der Waals surface area contributed by atoms with Gasteiger partial charge in [-0.3, -0.25) is 0 Å². The first-order chi connectivity index (χ1) is 10.5. The molecule has 1 aliphatic heterocycles. The number of ether oxygens (including phenoxy) is 2. The van der Waals surface area contributed by atoms with E-state index in [2.05, 4.69) is 5.32 Å².